The summed E-state index contributed by atoms with van der Waals surface area (Å²) >= 11 is 0. The van der Waals surface area contributed by atoms with Gasteiger partial charge in [-0.1, -0.05) is 12.1 Å². The second kappa shape index (κ2) is 9.30. The average molecular weight is 445 g/mol. The summed E-state index contributed by atoms with van der Waals surface area (Å²) in [5.74, 6) is -0.822. The van der Waals surface area contributed by atoms with Crippen molar-refractivity contribution in [1.29, 1.82) is 0 Å². The van der Waals surface area contributed by atoms with Crippen LogP contribution in [-0.2, 0) is 23.8 Å². The van der Waals surface area contributed by atoms with E-state index in [0.717, 1.165) is 6.26 Å². The van der Waals surface area contributed by atoms with Gasteiger partial charge < -0.3 is 15.0 Å². The van der Waals surface area contributed by atoms with Gasteiger partial charge in [0.1, 0.15) is 17.5 Å². The van der Waals surface area contributed by atoms with E-state index >= 15 is 0 Å². The summed E-state index contributed by atoms with van der Waals surface area (Å²) in [4.78, 5) is 25.7. The number of benzene rings is 1. The van der Waals surface area contributed by atoms with Gasteiger partial charge >= 0.3 is 6.09 Å². The first-order valence-electron chi connectivity index (χ1n) is 9.68. The maximum atomic E-state index is 14.6. The first kappa shape index (κ1) is 24.1. The molecule has 0 bridgehead atoms. The van der Waals surface area contributed by atoms with Gasteiger partial charge in [0.15, 0.2) is 0 Å². The van der Waals surface area contributed by atoms with E-state index < -0.39 is 39.8 Å². The molecule has 30 heavy (non-hydrogen) atoms. The summed E-state index contributed by atoms with van der Waals surface area (Å²) in [6.45, 7) is 7.06. The number of carbonyl (C=O) groups excluding carboxylic acids is 2. The number of rotatable bonds is 7. The predicted molar refractivity (Wildman–Crippen MR) is 109 cm³/mol. The number of ether oxygens (including phenoxy) is 1. The zero-order valence-corrected chi connectivity index (χ0v) is 18.7. The van der Waals surface area contributed by atoms with Gasteiger partial charge in [-0.05, 0) is 45.7 Å². The molecule has 0 aliphatic carbocycles. The number of hydrogen-bond donors (Lipinski definition) is 1. The van der Waals surface area contributed by atoms with Crippen molar-refractivity contribution in [1.82, 2.24) is 10.2 Å². The minimum Gasteiger partial charge on any atom is -0.444 e. The number of hydrogen-bond acceptors (Lipinski definition) is 6. The highest BCUT2D eigenvalue weighted by Gasteiger charge is 2.41. The Bertz CT molecular complexity index is 877. The second-order valence-electron chi connectivity index (χ2n) is 8.31. The fraction of sp³-hybridized carbons (Fsp3) is 0.600. The molecule has 1 aromatic carbocycles. The lowest BCUT2D eigenvalue weighted by molar-refractivity contribution is -0.130. The molecule has 2 rings (SSSR count). The maximum absolute atomic E-state index is 14.6. The van der Waals surface area contributed by atoms with E-state index in [1.54, 1.807) is 33.8 Å². The molecule has 1 heterocycles. The fourth-order valence-corrected chi connectivity index (χ4v) is 4.05. The average Bonchev–Trinajstić information content (AvgIpc) is 2.92. The van der Waals surface area contributed by atoms with Gasteiger partial charge in [0, 0.05) is 25.1 Å². The molecule has 1 aliphatic rings. The predicted octanol–water partition coefficient (Wildman–Crippen LogP) is 2.67. The number of halogens is 1. The van der Waals surface area contributed by atoms with E-state index in [1.807, 2.05) is 0 Å². The van der Waals surface area contributed by atoms with Crippen molar-refractivity contribution in [3.8, 4) is 0 Å². The number of alkyl carbamates (subject to hydrolysis) is 1. The van der Waals surface area contributed by atoms with Crippen LogP contribution in [0.4, 0.5) is 9.18 Å². The van der Waals surface area contributed by atoms with Gasteiger partial charge in [0.2, 0.25) is 5.91 Å². The highest BCUT2D eigenvalue weighted by Crippen LogP contribution is 2.36. The van der Waals surface area contributed by atoms with Crippen LogP contribution in [0.2, 0.25) is 0 Å². The van der Waals surface area contributed by atoms with Crippen LogP contribution in [0.3, 0.4) is 0 Å². The Kier molecular flexibility index (Phi) is 7.46. The van der Waals surface area contributed by atoms with Gasteiger partial charge in [0.05, 0.1) is 12.3 Å². The van der Waals surface area contributed by atoms with E-state index in [-0.39, 0.29) is 31.0 Å². The fourth-order valence-electron chi connectivity index (χ4n) is 3.45. The van der Waals surface area contributed by atoms with Crippen molar-refractivity contribution in [3.05, 3.63) is 35.1 Å². The van der Waals surface area contributed by atoms with E-state index in [1.165, 1.54) is 17.0 Å². The molecule has 8 nitrogen and oxygen atoms in total. The molecule has 10 heteroatoms. The quantitative estimate of drug-likeness (QED) is 0.649. The Morgan fingerprint density at radius 1 is 1.37 bits per heavy atom. The number of amides is 2. The minimum absolute atomic E-state index is 0.0962. The molecule has 2 unspecified atom stereocenters. The highest BCUT2D eigenvalue weighted by atomic mass is 32.2. The maximum Gasteiger partial charge on any atom is 0.407 e. The van der Waals surface area contributed by atoms with Crippen LogP contribution in [-0.4, -0.2) is 56.3 Å². The molecule has 0 aromatic heterocycles. The van der Waals surface area contributed by atoms with E-state index in [9.17, 15) is 22.4 Å². The van der Waals surface area contributed by atoms with Gasteiger partial charge in [0.25, 0.3) is 10.1 Å². The van der Waals surface area contributed by atoms with Crippen LogP contribution in [0.25, 0.3) is 0 Å². The molecule has 1 fully saturated rings. The third kappa shape index (κ3) is 6.66. The number of aryl methyl sites for hydroxylation is 1. The first-order valence-corrected chi connectivity index (χ1v) is 11.5. The van der Waals surface area contributed by atoms with Crippen molar-refractivity contribution >= 4 is 22.1 Å². The van der Waals surface area contributed by atoms with Crippen molar-refractivity contribution in [3.63, 3.8) is 0 Å². The molecule has 2 amide bonds. The first-order chi connectivity index (χ1) is 13.8. The summed E-state index contributed by atoms with van der Waals surface area (Å²) in [7, 11) is -3.93. The summed E-state index contributed by atoms with van der Waals surface area (Å²) in [5, 5.41) is 2.57. The van der Waals surface area contributed by atoms with Gasteiger partial charge in [-0.3, -0.25) is 8.98 Å². The van der Waals surface area contributed by atoms with Crippen molar-refractivity contribution in [2.45, 2.75) is 58.3 Å². The number of likely N-dealkylation sites (tertiary alicyclic amines) is 1. The smallest absolute Gasteiger partial charge is 0.407 e. The Hall–Kier alpha value is -2.20. The van der Waals surface area contributed by atoms with Crippen molar-refractivity contribution in [2.24, 2.45) is 0 Å². The molecule has 0 radical (unpaired) electrons. The molecule has 0 spiro atoms. The number of nitrogens with one attached hydrogen (secondary N) is 1. The van der Waals surface area contributed by atoms with E-state index in [0.29, 0.717) is 12.0 Å². The van der Waals surface area contributed by atoms with Gasteiger partial charge in [-0.2, -0.15) is 8.42 Å². The third-order valence-corrected chi connectivity index (χ3v) is 5.14. The molecular weight excluding hydrogens is 415 g/mol. The van der Waals surface area contributed by atoms with Crippen LogP contribution in [0.5, 0.6) is 0 Å². The topological polar surface area (TPSA) is 102 Å². The number of nitrogens with zero attached hydrogens (tertiary/aromatic N) is 1. The van der Waals surface area contributed by atoms with Gasteiger partial charge in [-0.25, -0.2) is 9.18 Å². The molecule has 168 valence electrons. The summed E-state index contributed by atoms with van der Waals surface area (Å²) in [5.41, 5.74) is -0.0325. The normalized spacial score (nSPS) is 18.4. The summed E-state index contributed by atoms with van der Waals surface area (Å²) in [6, 6.07) is 3.71. The van der Waals surface area contributed by atoms with Gasteiger partial charge in [-0.15, -0.1) is 0 Å². The monoisotopic (exact) mass is 444 g/mol. The molecular formula is C20H29FN2O6S. The molecule has 1 saturated heterocycles. The zero-order chi connectivity index (χ0) is 22.7. The van der Waals surface area contributed by atoms with Crippen molar-refractivity contribution < 1.29 is 31.3 Å². The van der Waals surface area contributed by atoms with Crippen LogP contribution in [0.15, 0.2) is 18.2 Å². The summed E-state index contributed by atoms with van der Waals surface area (Å²) in [6.07, 6.45) is -0.441. The van der Waals surface area contributed by atoms with Crippen LogP contribution < -0.4 is 5.32 Å². The van der Waals surface area contributed by atoms with Crippen LogP contribution in [0.1, 0.15) is 50.8 Å². The summed E-state index contributed by atoms with van der Waals surface area (Å²) < 4.78 is 48.8. The Morgan fingerprint density at radius 2 is 2.03 bits per heavy atom. The third-order valence-electron chi connectivity index (χ3n) is 4.58. The molecule has 1 aliphatic heterocycles. The standard InChI is InChI=1S/C20H29FN2O6S/c1-13-7-6-8-14(21)17(13)18(29-30(5,26)27)15-9-10-16(24)23(15)12-11-22-19(25)28-20(2,3)4/h6-8,15,18H,9-12H2,1-5H3,(H,22,25). The van der Waals surface area contributed by atoms with E-state index in [2.05, 4.69) is 5.32 Å². The molecule has 0 saturated carbocycles. The Balaban J connectivity index is 2.22. The largest absolute Gasteiger partial charge is 0.444 e. The Labute approximate surface area is 176 Å². The lowest BCUT2D eigenvalue weighted by Gasteiger charge is -2.32. The zero-order valence-electron chi connectivity index (χ0n) is 17.9. The molecule has 1 aromatic rings. The lowest BCUT2D eigenvalue weighted by atomic mass is 9.96. The highest BCUT2D eigenvalue weighted by molar-refractivity contribution is 7.86. The SMILES string of the molecule is Cc1cccc(F)c1C(OS(C)(=O)=O)C1CCC(=O)N1CCNC(=O)OC(C)(C)C. The minimum atomic E-state index is -3.93. The van der Waals surface area contributed by atoms with Crippen molar-refractivity contribution in [2.75, 3.05) is 19.3 Å². The number of carbonyl (C=O) groups is 2. The van der Waals surface area contributed by atoms with Crippen LogP contribution in [0, 0.1) is 12.7 Å². The van der Waals surface area contributed by atoms with E-state index in [4.69, 9.17) is 8.92 Å². The molecule has 2 atom stereocenters. The second-order valence-corrected chi connectivity index (χ2v) is 9.91. The lowest BCUT2D eigenvalue weighted by Crippen LogP contribution is -2.44. The Morgan fingerprint density at radius 3 is 2.60 bits per heavy atom. The van der Waals surface area contributed by atoms with Crippen LogP contribution >= 0.6 is 0 Å². The molecule has 1 N–H and O–H groups in total.